The highest BCUT2D eigenvalue weighted by Gasteiger charge is 2.21. The first-order chi connectivity index (χ1) is 9.16. The lowest BCUT2D eigenvalue weighted by Crippen LogP contribution is -2.37. The molecule has 0 radical (unpaired) electrons. The van der Waals surface area contributed by atoms with Crippen molar-refractivity contribution in [1.29, 1.82) is 0 Å². The summed E-state index contributed by atoms with van der Waals surface area (Å²) in [5.41, 5.74) is 0. The van der Waals surface area contributed by atoms with Crippen molar-refractivity contribution in [2.45, 2.75) is 19.3 Å². The largest absolute Gasteiger partial charge is 0.465 e. The number of anilines is 1. The minimum absolute atomic E-state index is 0.602. The van der Waals surface area contributed by atoms with Gasteiger partial charge in [-0.1, -0.05) is 0 Å². The summed E-state index contributed by atoms with van der Waals surface area (Å²) >= 11 is 3.45. The van der Waals surface area contributed by atoms with Gasteiger partial charge in [0, 0.05) is 25.8 Å². The summed E-state index contributed by atoms with van der Waals surface area (Å²) in [5.74, 6) is 1.47. The lowest BCUT2D eigenvalue weighted by molar-refractivity contribution is 0.123. The van der Waals surface area contributed by atoms with Gasteiger partial charge in [-0.2, -0.15) is 0 Å². The van der Waals surface area contributed by atoms with Crippen molar-refractivity contribution >= 4 is 27.8 Å². The fourth-order valence-electron chi connectivity index (χ4n) is 2.32. The number of pyridine rings is 1. The molecule has 1 aromatic heterocycles. The fraction of sp³-hybridized carbons (Fsp3) is 0.538. The number of hydrogen-bond acceptors (Lipinski definition) is 3. The van der Waals surface area contributed by atoms with E-state index in [0.717, 1.165) is 36.1 Å². The monoisotopic (exact) mass is 327 g/mol. The summed E-state index contributed by atoms with van der Waals surface area (Å²) in [6.45, 7) is 2.19. The third-order valence-electron chi connectivity index (χ3n) is 3.49. The van der Waals surface area contributed by atoms with E-state index in [2.05, 4.69) is 26.2 Å². The third-order valence-corrected chi connectivity index (χ3v) is 4.13. The molecule has 6 heteroatoms. The van der Waals surface area contributed by atoms with Gasteiger partial charge in [-0.05, 0) is 53.2 Å². The van der Waals surface area contributed by atoms with Gasteiger partial charge >= 0.3 is 6.09 Å². The van der Waals surface area contributed by atoms with Gasteiger partial charge in [0.1, 0.15) is 5.82 Å². The Morgan fingerprint density at radius 1 is 1.53 bits per heavy atom. The Morgan fingerprint density at radius 2 is 2.26 bits per heavy atom. The molecule has 0 saturated carbocycles. The number of amides is 1. The molecule has 2 rings (SSSR count). The Balaban J connectivity index is 1.70. The lowest BCUT2D eigenvalue weighted by Gasteiger charge is -2.30. The van der Waals surface area contributed by atoms with Crippen LogP contribution in [0.2, 0.25) is 0 Å². The molecule has 0 bridgehead atoms. The average molecular weight is 328 g/mol. The Bertz CT molecular complexity index is 434. The number of carbonyl (C=O) groups is 1. The van der Waals surface area contributed by atoms with Gasteiger partial charge in [0.05, 0.1) is 4.47 Å². The van der Waals surface area contributed by atoms with Gasteiger partial charge in [-0.15, -0.1) is 0 Å². The zero-order valence-electron chi connectivity index (χ0n) is 10.7. The molecule has 0 aliphatic carbocycles. The van der Waals surface area contributed by atoms with Crippen LogP contribution in [0.25, 0.3) is 0 Å². The van der Waals surface area contributed by atoms with E-state index in [1.807, 2.05) is 12.1 Å². The van der Waals surface area contributed by atoms with Crippen LogP contribution in [0.15, 0.2) is 22.8 Å². The zero-order valence-corrected chi connectivity index (χ0v) is 12.3. The van der Waals surface area contributed by atoms with E-state index < -0.39 is 6.09 Å². The smallest absolute Gasteiger partial charge is 0.407 e. The number of nitrogens with one attached hydrogen (secondary N) is 1. The van der Waals surface area contributed by atoms with Gasteiger partial charge in [0.15, 0.2) is 0 Å². The second-order valence-corrected chi connectivity index (χ2v) is 5.62. The first-order valence-corrected chi connectivity index (χ1v) is 7.28. The van der Waals surface area contributed by atoms with Crippen molar-refractivity contribution in [2.75, 3.05) is 25.0 Å². The molecule has 1 aliphatic heterocycles. The van der Waals surface area contributed by atoms with E-state index in [1.54, 1.807) is 6.20 Å². The average Bonchev–Trinajstić information content (AvgIpc) is 2.41. The molecule has 104 valence electrons. The molecule has 0 aromatic carbocycles. The van der Waals surface area contributed by atoms with Crippen molar-refractivity contribution in [3.63, 3.8) is 0 Å². The number of hydrogen-bond donors (Lipinski definition) is 2. The van der Waals surface area contributed by atoms with Crippen LogP contribution in [0.1, 0.15) is 19.3 Å². The molecule has 1 amide bonds. The van der Waals surface area contributed by atoms with E-state index >= 15 is 0 Å². The zero-order chi connectivity index (χ0) is 13.7. The number of likely N-dealkylation sites (tertiary alicyclic amines) is 1. The van der Waals surface area contributed by atoms with Crippen LogP contribution in [0.5, 0.6) is 0 Å². The minimum Gasteiger partial charge on any atom is -0.465 e. The van der Waals surface area contributed by atoms with Crippen LogP contribution in [-0.4, -0.2) is 40.7 Å². The molecule has 0 atom stereocenters. The SMILES string of the molecule is O=C(O)N1CCC(CCNc2ncccc2Br)CC1. The van der Waals surface area contributed by atoms with Gasteiger partial charge in [0.25, 0.3) is 0 Å². The lowest BCUT2D eigenvalue weighted by atomic mass is 9.94. The Labute approximate surface area is 121 Å². The van der Waals surface area contributed by atoms with Crippen LogP contribution in [0.4, 0.5) is 10.6 Å². The topological polar surface area (TPSA) is 65.5 Å². The summed E-state index contributed by atoms with van der Waals surface area (Å²) in [5, 5.41) is 12.2. The molecule has 19 heavy (non-hydrogen) atoms. The van der Waals surface area contributed by atoms with E-state index in [0.29, 0.717) is 19.0 Å². The molecule has 1 aliphatic rings. The second-order valence-electron chi connectivity index (χ2n) is 4.76. The van der Waals surface area contributed by atoms with Crippen molar-refractivity contribution in [3.8, 4) is 0 Å². The predicted molar refractivity (Wildman–Crippen MR) is 77.4 cm³/mol. The van der Waals surface area contributed by atoms with Crippen molar-refractivity contribution < 1.29 is 9.90 Å². The van der Waals surface area contributed by atoms with E-state index in [1.165, 1.54) is 4.90 Å². The summed E-state index contributed by atoms with van der Waals surface area (Å²) in [6.07, 6.45) is 3.93. The van der Waals surface area contributed by atoms with Gasteiger partial charge in [-0.3, -0.25) is 0 Å². The maximum Gasteiger partial charge on any atom is 0.407 e. The van der Waals surface area contributed by atoms with E-state index in [9.17, 15) is 4.79 Å². The van der Waals surface area contributed by atoms with E-state index in [-0.39, 0.29) is 0 Å². The maximum absolute atomic E-state index is 10.8. The molecule has 2 heterocycles. The summed E-state index contributed by atoms with van der Waals surface area (Å²) < 4.78 is 0.968. The second kappa shape index (κ2) is 6.75. The van der Waals surface area contributed by atoms with Crippen LogP contribution in [0, 0.1) is 5.92 Å². The van der Waals surface area contributed by atoms with Gasteiger partial charge in [0.2, 0.25) is 0 Å². The highest BCUT2D eigenvalue weighted by atomic mass is 79.9. The number of carboxylic acid groups (broad SMARTS) is 1. The summed E-state index contributed by atoms with van der Waals surface area (Å²) in [4.78, 5) is 16.5. The fourth-order valence-corrected chi connectivity index (χ4v) is 2.72. The third kappa shape index (κ3) is 4.09. The van der Waals surface area contributed by atoms with Crippen LogP contribution < -0.4 is 5.32 Å². The number of nitrogens with zero attached hydrogens (tertiary/aromatic N) is 2. The predicted octanol–water partition coefficient (Wildman–Crippen LogP) is 3.04. The molecular formula is C13H18BrN3O2. The quantitative estimate of drug-likeness (QED) is 0.892. The molecule has 1 saturated heterocycles. The Kier molecular flexibility index (Phi) is 5.01. The maximum atomic E-state index is 10.8. The summed E-state index contributed by atoms with van der Waals surface area (Å²) in [7, 11) is 0. The van der Waals surface area contributed by atoms with Crippen LogP contribution >= 0.6 is 15.9 Å². The van der Waals surface area contributed by atoms with Crippen molar-refractivity contribution in [2.24, 2.45) is 5.92 Å². The molecule has 1 aromatic rings. The van der Waals surface area contributed by atoms with Crippen molar-refractivity contribution in [1.82, 2.24) is 9.88 Å². The van der Waals surface area contributed by atoms with Crippen molar-refractivity contribution in [3.05, 3.63) is 22.8 Å². The highest BCUT2D eigenvalue weighted by molar-refractivity contribution is 9.10. The highest BCUT2D eigenvalue weighted by Crippen LogP contribution is 2.22. The van der Waals surface area contributed by atoms with Crippen LogP contribution in [0.3, 0.4) is 0 Å². The molecule has 0 unspecified atom stereocenters. The number of piperidine rings is 1. The first kappa shape index (κ1) is 14.1. The molecule has 5 nitrogen and oxygen atoms in total. The Hall–Kier alpha value is -1.30. The van der Waals surface area contributed by atoms with Crippen LogP contribution in [-0.2, 0) is 0 Å². The van der Waals surface area contributed by atoms with Gasteiger partial charge < -0.3 is 15.3 Å². The molecular weight excluding hydrogens is 310 g/mol. The normalized spacial score (nSPS) is 16.4. The number of rotatable bonds is 4. The number of halogens is 1. The minimum atomic E-state index is -0.797. The molecule has 2 N–H and O–H groups in total. The standard InChI is InChI=1S/C13H18BrN3O2/c14-11-2-1-6-15-12(11)16-7-3-10-4-8-17(9-5-10)13(18)19/h1-2,6,10H,3-5,7-9H2,(H,15,16)(H,18,19). The van der Waals surface area contributed by atoms with Gasteiger partial charge in [-0.25, -0.2) is 9.78 Å². The first-order valence-electron chi connectivity index (χ1n) is 6.49. The summed E-state index contributed by atoms with van der Waals surface area (Å²) in [6, 6.07) is 3.84. The molecule has 0 spiro atoms. The molecule has 1 fully saturated rings. The Morgan fingerprint density at radius 3 is 2.89 bits per heavy atom. The van der Waals surface area contributed by atoms with E-state index in [4.69, 9.17) is 5.11 Å². The number of aromatic nitrogens is 1.